The first-order valence-electron chi connectivity index (χ1n) is 14.2. The summed E-state index contributed by atoms with van der Waals surface area (Å²) in [5.41, 5.74) is 1.82. The van der Waals surface area contributed by atoms with Gasteiger partial charge in [0.15, 0.2) is 0 Å². The van der Waals surface area contributed by atoms with Crippen molar-refractivity contribution in [1.29, 1.82) is 0 Å². The number of nitrogens with zero attached hydrogens (tertiary/aromatic N) is 2. The maximum atomic E-state index is 13.5. The average molecular weight is 516 g/mol. The second-order valence-corrected chi connectivity index (χ2v) is 13.2. The van der Waals surface area contributed by atoms with Crippen LogP contribution in [0.4, 0.5) is 5.69 Å². The van der Waals surface area contributed by atoms with E-state index < -0.39 is 10.0 Å². The Bertz CT molecular complexity index is 1050. The first-order valence-corrected chi connectivity index (χ1v) is 15.6. The smallest absolute Gasteiger partial charge is 0.243 e. The maximum Gasteiger partial charge on any atom is 0.243 e. The Labute approximate surface area is 216 Å². The van der Waals surface area contributed by atoms with E-state index in [2.05, 4.69) is 5.32 Å². The summed E-state index contributed by atoms with van der Waals surface area (Å²) >= 11 is 0. The van der Waals surface area contributed by atoms with E-state index in [1.165, 1.54) is 36.4 Å². The van der Waals surface area contributed by atoms with Crippen molar-refractivity contribution < 1.29 is 18.0 Å². The summed E-state index contributed by atoms with van der Waals surface area (Å²) in [4.78, 5) is 28.0. The summed E-state index contributed by atoms with van der Waals surface area (Å²) < 4.78 is 28.5. The topological polar surface area (TPSA) is 86.8 Å². The zero-order chi connectivity index (χ0) is 25.1. The molecule has 2 aliphatic heterocycles. The lowest BCUT2D eigenvalue weighted by molar-refractivity contribution is -0.127. The van der Waals surface area contributed by atoms with Gasteiger partial charge in [-0.15, -0.1) is 0 Å². The molecule has 2 amide bonds. The Morgan fingerprint density at radius 3 is 2.14 bits per heavy atom. The fourth-order valence-electron chi connectivity index (χ4n) is 6.27. The van der Waals surface area contributed by atoms with Crippen LogP contribution in [0.1, 0.15) is 89.0 Å². The molecule has 2 aliphatic carbocycles. The third-order valence-electron chi connectivity index (χ3n) is 8.80. The molecule has 0 unspecified atom stereocenters. The van der Waals surface area contributed by atoms with Crippen LogP contribution < -0.4 is 10.2 Å². The highest BCUT2D eigenvalue weighted by Gasteiger charge is 2.35. The summed E-state index contributed by atoms with van der Waals surface area (Å²) in [6, 6.07) is 5.53. The van der Waals surface area contributed by atoms with Crippen molar-refractivity contribution in [2.24, 2.45) is 11.8 Å². The number of carbonyl (C=O) groups excluding carboxylic acids is 2. The zero-order valence-corrected chi connectivity index (χ0v) is 22.2. The minimum atomic E-state index is -3.63. The Morgan fingerprint density at radius 1 is 0.778 bits per heavy atom. The normalized spacial score (nSPS) is 23.3. The van der Waals surface area contributed by atoms with E-state index in [0.29, 0.717) is 37.4 Å². The van der Waals surface area contributed by atoms with Crippen molar-refractivity contribution in [2.45, 2.75) is 101 Å². The van der Waals surface area contributed by atoms with Crippen molar-refractivity contribution in [1.82, 2.24) is 9.62 Å². The van der Waals surface area contributed by atoms with Gasteiger partial charge in [0.05, 0.1) is 4.90 Å². The van der Waals surface area contributed by atoms with Crippen molar-refractivity contribution in [3.05, 3.63) is 23.8 Å². The van der Waals surface area contributed by atoms with Crippen LogP contribution in [-0.2, 0) is 26.0 Å². The predicted octanol–water partition coefficient (Wildman–Crippen LogP) is 4.40. The van der Waals surface area contributed by atoms with Crippen LogP contribution in [0.5, 0.6) is 0 Å². The molecule has 0 spiro atoms. The molecule has 1 N–H and O–H groups in total. The molecule has 1 aromatic rings. The van der Waals surface area contributed by atoms with E-state index in [1.807, 2.05) is 11.0 Å². The molecule has 4 aliphatic rings. The Hall–Kier alpha value is -1.93. The second-order valence-electron chi connectivity index (χ2n) is 11.2. The van der Waals surface area contributed by atoms with Crippen molar-refractivity contribution in [3.8, 4) is 0 Å². The third-order valence-corrected chi connectivity index (χ3v) is 10.7. The van der Waals surface area contributed by atoms with Gasteiger partial charge in [-0.3, -0.25) is 9.59 Å². The largest absolute Gasteiger partial charge is 0.353 e. The summed E-state index contributed by atoms with van der Waals surface area (Å²) in [7, 11) is -3.63. The summed E-state index contributed by atoms with van der Waals surface area (Å²) in [5.74, 6) is 0.307. The quantitative estimate of drug-likeness (QED) is 0.630. The number of rotatable bonds is 5. The number of hydrogen-bond acceptors (Lipinski definition) is 4. The predicted molar refractivity (Wildman–Crippen MR) is 140 cm³/mol. The van der Waals surface area contributed by atoms with Gasteiger partial charge in [-0.2, -0.15) is 4.31 Å². The number of benzene rings is 1. The lowest BCUT2D eigenvalue weighted by atomic mass is 9.83. The molecule has 0 bridgehead atoms. The highest BCUT2D eigenvalue weighted by atomic mass is 32.2. The van der Waals surface area contributed by atoms with E-state index in [1.54, 1.807) is 12.1 Å². The number of fused-ring (bicyclic) bond motifs is 1. The van der Waals surface area contributed by atoms with Crippen LogP contribution in [0.15, 0.2) is 23.1 Å². The molecule has 7 nitrogen and oxygen atoms in total. The van der Waals surface area contributed by atoms with Crippen LogP contribution >= 0.6 is 0 Å². The number of nitrogens with one attached hydrogen (secondary N) is 1. The number of amides is 2. The number of carbonyl (C=O) groups is 2. The molecule has 2 saturated carbocycles. The highest BCUT2D eigenvalue weighted by molar-refractivity contribution is 7.89. The molecule has 8 heteroatoms. The lowest BCUT2D eigenvalue weighted by Gasteiger charge is -2.36. The molecular formula is C28H41N3O4S. The minimum absolute atomic E-state index is 0.0997. The van der Waals surface area contributed by atoms with Crippen LogP contribution in [0, 0.1) is 11.8 Å². The molecule has 3 fully saturated rings. The molecule has 36 heavy (non-hydrogen) atoms. The molecule has 0 radical (unpaired) electrons. The monoisotopic (exact) mass is 515 g/mol. The van der Waals surface area contributed by atoms with E-state index in [4.69, 9.17) is 0 Å². The fraction of sp³-hybridized carbons (Fsp3) is 0.714. The van der Waals surface area contributed by atoms with Crippen molar-refractivity contribution >= 4 is 27.5 Å². The zero-order valence-electron chi connectivity index (χ0n) is 21.4. The van der Waals surface area contributed by atoms with Crippen LogP contribution in [-0.4, -0.2) is 50.2 Å². The summed E-state index contributed by atoms with van der Waals surface area (Å²) in [6.07, 6.45) is 14.1. The SMILES string of the molecule is O=C(NC1CCCCCCC1)C1CCN(S(=O)(=O)c2ccc3c(c2)CCCN3C(=O)C2CCC2)CC1. The third kappa shape index (κ3) is 5.49. The molecule has 0 atom stereocenters. The fourth-order valence-corrected chi connectivity index (χ4v) is 7.79. The Morgan fingerprint density at radius 2 is 1.47 bits per heavy atom. The van der Waals surface area contributed by atoms with Gasteiger partial charge in [0.25, 0.3) is 0 Å². The highest BCUT2D eigenvalue weighted by Crippen LogP contribution is 2.35. The maximum absolute atomic E-state index is 13.5. The summed E-state index contributed by atoms with van der Waals surface area (Å²) in [5, 5.41) is 3.27. The van der Waals surface area contributed by atoms with E-state index in [0.717, 1.165) is 56.2 Å². The summed E-state index contributed by atoms with van der Waals surface area (Å²) in [6.45, 7) is 1.45. The van der Waals surface area contributed by atoms with Crippen LogP contribution in [0.25, 0.3) is 0 Å². The number of anilines is 1. The first-order chi connectivity index (χ1) is 17.4. The second kappa shape index (κ2) is 11.2. The molecule has 1 aromatic carbocycles. The van der Waals surface area contributed by atoms with Crippen LogP contribution in [0.3, 0.4) is 0 Å². The van der Waals surface area contributed by atoms with Gasteiger partial charge >= 0.3 is 0 Å². The molecule has 1 saturated heterocycles. The Balaban J connectivity index is 1.20. The van der Waals surface area contributed by atoms with Gasteiger partial charge in [0, 0.05) is 43.2 Å². The van der Waals surface area contributed by atoms with Crippen LogP contribution in [0.2, 0.25) is 0 Å². The number of hydrogen-bond donors (Lipinski definition) is 1. The first kappa shape index (κ1) is 25.7. The van der Waals surface area contributed by atoms with Gasteiger partial charge in [-0.1, -0.05) is 38.5 Å². The van der Waals surface area contributed by atoms with Gasteiger partial charge < -0.3 is 10.2 Å². The lowest BCUT2D eigenvalue weighted by Crippen LogP contribution is -2.45. The Kier molecular flexibility index (Phi) is 8.01. The van der Waals surface area contributed by atoms with E-state index in [9.17, 15) is 18.0 Å². The van der Waals surface area contributed by atoms with E-state index >= 15 is 0 Å². The standard InChI is InChI=1S/C28H41N3O4S/c32-27(29-24-11-4-2-1-3-5-12-24)21-15-18-30(19-16-21)36(34,35)25-13-14-26-23(20-25)10-7-17-31(26)28(33)22-8-6-9-22/h13-14,20-22,24H,1-12,15-19H2,(H,29,32). The minimum Gasteiger partial charge on any atom is -0.353 e. The molecule has 5 rings (SSSR count). The van der Waals surface area contributed by atoms with Crippen molar-refractivity contribution in [2.75, 3.05) is 24.5 Å². The molecule has 2 heterocycles. The van der Waals surface area contributed by atoms with Gasteiger partial charge in [0.1, 0.15) is 0 Å². The molecule has 0 aromatic heterocycles. The number of sulfonamides is 1. The number of piperidine rings is 1. The number of aryl methyl sites for hydroxylation is 1. The molecule has 198 valence electrons. The average Bonchev–Trinajstić information content (AvgIpc) is 2.83. The van der Waals surface area contributed by atoms with E-state index in [-0.39, 0.29) is 29.7 Å². The van der Waals surface area contributed by atoms with Crippen molar-refractivity contribution in [3.63, 3.8) is 0 Å². The van der Waals surface area contributed by atoms with Gasteiger partial charge in [-0.25, -0.2) is 8.42 Å². The molecular weight excluding hydrogens is 474 g/mol. The van der Waals surface area contributed by atoms with Gasteiger partial charge in [-0.05, 0) is 75.1 Å². The van der Waals surface area contributed by atoms with Gasteiger partial charge in [0.2, 0.25) is 21.8 Å².